The highest BCUT2D eigenvalue weighted by Crippen LogP contribution is 2.30. The Kier molecular flexibility index (Phi) is 5.62. The minimum atomic E-state index is -0.811. The van der Waals surface area contributed by atoms with Crippen LogP contribution in [0.15, 0.2) is 77.2 Å². The second kappa shape index (κ2) is 8.34. The average molecular weight is 438 g/mol. The number of hydrogen-bond donors (Lipinski definition) is 1. The Hall–Kier alpha value is -3.08. The molecule has 0 radical (unpaired) electrons. The van der Waals surface area contributed by atoms with Crippen LogP contribution in [0, 0.1) is 6.92 Å². The summed E-state index contributed by atoms with van der Waals surface area (Å²) in [7, 11) is 0. The number of hydrogen-bond acceptors (Lipinski definition) is 3. The Morgan fingerprint density at radius 3 is 2.37 bits per heavy atom. The Labute approximate surface area is 183 Å². The minimum Gasteiger partial charge on any atom is -0.452 e. The van der Waals surface area contributed by atoms with Crippen LogP contribution >= 0.6 is 23.2 Å². The van der Waals surface area contributed by atoms with Crippen LogP contribution in [0.4, 0.5) is 5.69 Å². The smallest absolute Gasteiger partial charge is 0.246 e. The summed E-state index contributed by atoms with van der Waals surface area (Å²) in [5.74, 6) is -0.299. The number of nitrogens with one attached hydrogen (secondary N) is 1. The molecule has 30 heavy (non-hydrogen) atoms. The topological polar surface area (TPSA) is 59.3 Å². The van der Waals surface area contributed by atoms with Gasteiger partial charge in [-0.15, -0.1) is 11.6 Å². The fraction of sp³-hybridized carbons (Fsp3) is 0.0833. The van der Waals surface area contributed by atoms with Gasteiger partial charge in [-0.1, -0.05) is 41.9 Å². The molecule has 4 nitrogen and oxygen atoms in total. The van der Waals surface area contributed by atoms with Crippen molar-refractivity contribution in [3.05, 3.63) is 100 Å². The molecule has 0 fully saturated rings. The number of amides is 1. The summed E-state index contributed by atoms with van der Waals surface area (Å²) >= 11 is 12.2. The maximum Gasteiger partial charge on any atom is 0.246 e. The number of carbonyl (C=O) groups is 2. The van der Waals surface area contributed by atoms with Gasteiger partial charge in [-0.3, -0.25) is 9.59 Å². The number of anilines is 1. The lowest BCUT2D eigenvalue weighted by Crippen LogP contribution is -2.17. The van der Waals surface area contributed by atoms with E-state index in [-0.39, 0.29) is 17.5 Å². The molecule has 0 aliphatic rings. The highest BCUT2D eigenvalue weighted by molar-refractivity contribution is 6.32. The van der Waals surface area contributed by atoms with E-state index in [1.807, 2.05) is 25.1 Å². The third-order valence-corrected chi connectivity index (χ3v) is 5.54. The van der Waals surface area contributed by atoms with Gasteiger partial charge in [0.2, 0.25) is 11.7 Å². The van der Waals surface area contributed by atoms with E-state index in [9.17, 15) is 9.59 Å². The number of aryl methyl sites for hydroxylation is 1. The van der Waals surface area contributed by atoms with E-state index in [4.69, 9.17) is 27.6 Å². The maximum atomic E-state index is 12.8. The van der Waals surface area contributed by atoms with Crippen molar-refractivity contribution in [1.82, 2.24) is 0 Å². The molecule has 0 aliphatic carbocycles. The summed E-state index contributed by atoms with van der Waals surface area (Å²) in [4.78, 5) is 25.4. The van der Waals surface area contributed by atoms with Gasteiger partial charge in [0.15, 0.2) is 5.76 Å². The monoisotopic (exact) mass is 437 g/mol. The summed E-state index contributed by atoms with van der Waals surface area (Å²) in [6.45, 7) is 1.81. The lowest BCUT2D eigenvalue weighted by Gasteiger charge is -2.11. The summed E-state index contributed by atoms with van der Waals surface area (Å²) in [6.07, 6.45) is 0. The van der Waals surface area contributed by atoms with Gasteiger partial charge < -0.3 is 9.73 Å². The van der Waals surface area contributed by atoms with Gasteiger partial charge >= 0.3 is 0 Å². The van der Waals surface area contributed by atoms with Gasteiger partial charge in [0.1, 0.15) is 11.0 Å². The first-order valence-corrected chi connectivity index (χ1v) is 10.1. The van der Waals surface area contributed by atoms with Crippen molar-refractivity contribution in [2.75, 3.05) is 5.32 Å². The first-order chi connectivity index (χ1) is 14.4. The van der Waals surface area contributed by atoms with Crippen molar-refractivity contribution in [1.29, 1.82) is 0 Å². The minimum absolute atomic E-state index is 0.226. The second-order valence-corrected chi connectivity index (χ2v) is 7.74. The highest BCUT2D eigenvalue weighted by atomic mass is 35.5. The van der Waals surface area contributed by atoms with E-state index in [1.165, 1.54) is 0 Å². The van der Waals surface area contributed by atoms with Gasteiger partial charge in [0.05, 0.1) is 0 Å². The number of benzene rings is 3. The van der Waals surface area contributed by atoms with Gasteiger partial charge in [-0.25, -0.2) is 0 Å². The first-order valence-electron chi connectivity index (χ1n) is 9.27. The van der Waals surface area contributed by atoms with E-state index in [0.717, 1.165) is 5.39 Å². The van der Waals surface area contributed by atoms with Crippen LogP contribution in [0.5, 0.6) is 0 Å². The lowest BCUT2D eigenvalue weighted by atomic mass is 10.0. The molecule has 1 heterocycles. The van der Waals surface area contributed by atoms with Gasteiger partial charge in [0, 0.05) is 27.2 Å². The Morgan fingerprint density at radius 1 is 0.967 bits per heavy atom. The van der Waals surface area contributed by atoms with E-state index in [2.05, 4.69) is 5.32 Å². The van der Waals surface area contributed by atoms with E-state index in [1.54, 1.807) is 54.6 Å². The zero-order chi connectivity index (χ0) is 21.3. The molecule has 1 unspecified atom stereocenters. The van der Waals surface area contributed by atoms with Crippen LogP contribution in [-0.4, -0.2) is 11.7 Å². The number of furan rings is 1. The molecule has 4 aromatic rings. The molecule has 1 atom stereocenters. The fourth-order valence-electron chi connectivity index (χ4n) is 3.23. The van der Waals surface area contributed by atoms with Crippen LogP contribution < -0.4 is 5.32 Å². The lowest BCUT2D eigenvalue weighted by molar-refractivity contribution is -0.116. The molecule has 3 aromatic carbocycles. The summed E-state index contributed by atoms with van der Waals surface area (Å²) in [5.41, 5.74) is 3.04. The molecule has 0 aliphatic heterocycles. The molecular weight excluding hydrogens is 421 g/mol. The standard InChI is InChI=1S/C24H17Cl2NO3/c1-14-19-13-18(27-24(29)21(26)15-5-3-2-4-6-15)11-12-20(19)30-23(14)22(28)16-7-9-17(25)10-8-16/h2-13,21H,1H3,(H,27,29). The SMILES string of the molecule is Cc1c(C(=O)c2ccc(Cl)cc2)oc2ccc(NC(=O)C(Cl)c3ccccc3)cc12. The Bertz CT molecular complexity index is 1230. The van der Waals surface area contributed by atoms with Crippen molar-refractivity contribution in [2.24, 2.45) is 0 Å². The van der Waals surface area contributed by atoms with Crippen molar-refractivity contribution in [2.45, 2.75) is 12.3 Å². The molecule has 0 saturated heterocycles. The predicted molar refractivity (Wildman–Crippen MR) is 120 cm³/mol. The van der Waals surface area contributed by atoms with E-state index >= 15 is 0 Å². The van der Waals surface area contributed by atoms with E-state index in [0.29, 0.717) is 33.0 Å². The zero-order valence-corrected chi connectivity index (χ0v) is 17.5. The van der Waals surface area contributed by atoms with Crippen LogP contribution in [-0.2, 0) is 4.79 Å². The van der Waals surface area contributed by atoms with E-state index < -0.39 is 5.38 Å². The number of fused-ring (bicyclic) bond motifs is 1. The van der Waals surface area contributed by atoms with Gasteiger partial charge in [0.25, 0.3) is 0 Å². The van der Waals surface area contributed by atoms with Crippen molar-refractivity contribution >= 4 is 51.5 Å². The highest BCUT2D eigenvalue weighted by Gasteiger charge is 2.21. The van der Waals surface area contributed by atoms with Crippen molar-refractivity contribution < 1.29 is 14.0 Å². The predicted octanol–water partition coefficient (Wildman–Crippen LogP) is 6.54. The molecule has 0 bridgehead atoms. The second-order valence-electron chi connectivity index (χ2n) is 6.87. The molecule has 1 N–H and O–H groups in total. The number of rotatable bonds is 5. The fourth-order valence-corrected chi connectivity index (χ4v) is 3.55. The quantitative estimate of drug-likeness (QED) is 0.284. The van der Waals surface area contributed by atoms with Gasteiger partial charge in [-0.2, -0.15) is 0 Å². The third-order valence-electron chi connectivity index (χ3n) is 4.84. The Morgan fingerprint density at radius 2 is 1.67 bits per heavy atom. The molecule has 6 heteroatoms. The van der Waals surface area contributed by atoms with Crippen LogP contribution in [0.2, 0.25) is 5.02 Å². The third kappa shape index (κ3) is 3.97. The molecule has 1 amide bonds. The van der Waals surface area contributed by atoms with Crippen molar-refractivity contribution in [3.63, 3.8) is 0 Å². The summed E-state index contributed by atoms with van der Waals surface area (Å²) in [6, 6.07) is 21.0. The van der Waals surface area contributed by atoms with Crippen LogP contribution in [0.1, 0.15) is 32.6 Å². The molecule has 0 spiro atoms. The van der Waals surface area contributed by atoms with Crippen molar-refractivity contribution in [3.8, 4) is 0 Å². The maximum absolute atomic E-state index is 12.8. The van der Waals surface area contributed by atoms with Gasteiger partial charge in [-0.05, 0) is 55.0 Å². The number of carbonyl (C=O) groups excluding carboxylic acids is 2. The first kappa shape index (κ1) is 20.2. The number of ketones is 1. The average Bonchev–Trinajstić information content (AvgIpc) is 3.10. The van der Waals surface area contributed by atoms with Crippen LogP contribution in [0.3, 0.4) is 0 Å². The molecular formula is C24H17Cl2NO3. The normalized spacial score (nSPS) is 12.0. The molecule has 1 aromatic heterocycles. The van der Waals surface area contributed by atoms with Crippen LogP contribution in [0.25, 0.3) is 11.0 Å². The zero-order valence-electron chi connectivity index (χ0n) is 16.0. The largest absolute Gasteiger partial charge is 0.452 e. The summed E-state index contributed by atoms with van der Waals surface area (Å²) in [5, 5.41) is 3.32. The number of halogens is 2. The Balaban J connectivity index is 1.60. The molecule has 4 rings (SSSR count). The number of alkyl halides is 1. The summed E-state index contributed by atoms with van der Waals surface area (Å²) < 4.78 is 5.80. The molecule has 150 valence electrons. The molecule has 0 saturated carbocycles.